The first-order valence-corrected chi connectivity index (χ1v) is 8.18. The number of piperidine rings is 1. The highest BCUT2D eigenvalue weighted by molar-refractivity contribution is 5.94. The summed E-state index contributed by atoms with van der Waals surface area (Å²) in [6, 6.07) is 6.47. The van der Waals surface area contributed by atoms with Gasteiger partial charge in [0.05, 0.1) is 0 Å². The van der Waals surface area contributed by atoms with Crippen molar-refractivity contribution in [1.29, 1.82) is 0 Å². The Kier molecular flexibility index (Phi) is 5.84. The summed E-state index contributed by atoms with van der Waals surface area (Å²) in [4.78, 5) is 28.0. The zero-order chi connectivity index (χ0) is 16.8. The molecule has 1 aromatic carbocycles. The van der Waals surface area contributed by atoms with E-state index >= 15 is 0 Å². The van der Waals surface area contributed by atoms with Crippen molar-refractivity contribution in [1.82, 2.24) is 15.1 Å². The number of rotatable bonds is 4. The molecule has 0 bridgehead atoms. The number of benzene rings is 1. The number of aromatic hydroxyl groups is 1. The van der Waals surface area contributed by atoms with E-state index in [1.54, 1.807) is 28.0 Å². The lowest BCUT2D eigenvalue weighted by Crippen LogP contribution is -2.50. The van der Waals surface area contributed by atoms with Crippen molar-refractivity contribution in [2.75, 3.05) is 26.2 Å². The van der Waals surface area contributed by atoms with E-state index < -0.39 is 0 Å². The molecule has 2 rings (SSSR count). The number of hydrogen-bond acceptors (Lipinski definition) is 3. The Morgan fingerprint density at radius 3 is 2.48 bits per heavy atom. The lowest BCUT2D eigenvalue weighted by atomic mass is 10.0. The van der Waals surface area contributed by atoms with Gasteiger partial charge in [0.2, 0.25) is 0 Å². The van der Waals surface area contributed by atoms with Gasteiger partial charge < -0.3 is 20.2 Å². The molecule has 0 saturated carbocycles. The van der Waals surface area contributed by atoms with Crippen LogP contribution in [0.25, 0.3) is 0 Å². The third-order valence-electron chi connectivity index (χ3n) is 4.25. The molecule has 0 unspecified atom stereocenters. The highest BCUT2D eigenvalue weighted by Crippen LogP contribution is 2.17. The second-order valence-corrected chi connectivity index (χ2v) is 5.74. The molecule has 23 heavy (non-hydrogen) atoms. The molecular weight excluding hydrogens is 294 g/mol. The Labute approximate surface area is 137 Å². The monoisotopic (exact) mass is 319 g/mol. The van der Waals surface area contributed by atoms with E-state index in [0.29, 0.717) is 31.7 Å². The summed E-state index contributed by atoms with van der Waals surface area (Å²) in [5.41, 5.74) is 0.496. The molecule has 0 spiro atoms. The van der Waals surface area contributed by atoms with Crippen molar-refractivity contribution >= 4 is 11.9 Å². The lowest BCUT2D eigenvalue weighted by molar-refractivity contribution is 0.0706. The summed E-state index contributed by atoms with van der Waals surface area (Å²) in [5.74, 6) is 0.0200. The molecule has 0 aliphatic carbocycles. The summed E-state index contributed by atoms with van der Waals surface area (Å²) in [6.07, 6.45) is 1.50. The Balaban J connectivity index is 1.86. The first kappa shape index (κ1) is 17.1. The van der Waals surface area contributed by atoms with Crippen molar-refractivity contribution in [2.45, 2.75) is 32.7 Å². The molecule has 0 atom stereocenters. The van der Waals surface area contributed by atoms with Gasteiger partial charge in [0.25, 0.3) is 5.91 Å². The molecule has 1 aliphatic rings. The Morgan fingerprint density at radius 1 is 1.26 bits per heavy atom. The molecule has 3 amide bonds. The van der Waals surface area contributed by atoms with Gasteiger partial charge in [0.15, 0.2) is 0 Å². The fourth-order valence-electron chi connectivity index (χ4n) is 2.83. The number of carbonyl (C=O) groups is 2. The molecule has 0 radical (unpaired) electrons. The van der Waals surface area contributed by atoms with Crippen LogP contribution in [0.1, 0.15) is 37.0 Å². The van der Waals surface area contributed by atoms with Crippen molar-refractivity contribution in [3.63, 3.8) is 0 Å². The summed E-state index contributed by atoms with van der Waals surface area (Å²) in [7, 11) is 0. The topological polar surface area (TPSA) is 72.9 Å². The van der Waals surface area contributed by atoms with Crippen molar-refractivity contribution in [3.05, 3.63) is 29.8 Å². The van der Waals surface area contributed by atoms with Crippen LogP contribution < -0.4 is 5.32 Å². The van der Waals surface area contributed by atoms with Crippen LogP contribution in [-0.4, -0.2) is 59.1 Å². The number of nitrogens with one attached hydrogen (secondary N) is 1. The average molecular weight is 319 g/mol. The maximum Gasteiger partial charge on any atom is 0.317 e. The third kappa shape index (κ3) is 4.37. The van der Waals surface area contributed by atoms with Gasteiger partial charge >= 0.3 is 6.03 Å². The SMILES string of the molecule is CCN(CC)C(=O)NC1CCN(C(=O)c2cccc(O)c2)CC1. The largest absolute Gasteiger partial charge is 0.508 e. The standard InChI is InChI=1S/C17H25N3O3/c1-3-19(4-2)17(23)18-14-8-10-20(11-9-14)16(22)13-6-5-7-15(21)12-13/h5-7,12,14,21H,3-4,8-11H2,1-2H3,(H,18,23). The van der Waals surface area contributed by atoms with Gasteiger partial charge in [0, 0.05) is 37.8 Å². The van der Waals surface area contributed by atoms with E-state index in [4.69, 9.17) is 0 Å². The molecule has 126 valence electrons. The summed E-state index contributed by atoms with van der Waals surface area (Å²) < 4.78 is 0. The Morgan fingerprint density at radius 2 is 1.91 bits per heavy atom. The van der Waals surface area contributed by atoms with Crippen LogP contribution in [0.2, 0.25) is 0 Å². The molecule has 0 aromatic heterocycles. The maximum atomic E-state index is 12.4. The van der Waals surface area contributed by atoms with Gasteiger partial charge in [-0.1, -0.05) is 6.07 Å². The number of phenols is 1. The van der Waals surface area contributed by atoms with Crippen molar-refractivity contribution in [3.8, 4) is 5.75 Å². The first-order chi connectivity index (χ1) is 11.0. The molecule has 1 aliphatic heterocycles. The van der Waals surface area contributed by atoms with E-state index in [2.05, 4.69) is 5.32 Å². The second-order valence-electron chi connectivity index (χ2n) is 5.74. The molecule has 6 nitrogen and oxygen atoms in total. The van der Waals surface area contributed by atoms with Crippen molar-refractivity contribution < 1.29 is 14.7 Å². The third-order valence-corrected chi connectivity index (χ3v) is 4.25. The molecule has 6 heteroatoms. The first-order valence-electron chi connectivity index (χ1n) is 8.18. The fourth-order valence-corrected chi connectivity index (χ4v) is 2.83. The number of nitrogens with zero attached hydrogens (tertiary/aromatic N) is 2. The van der Waals surface area contributed by atoms with Gasteiger partial charge in [-0.15, -0.1) is 0 Å². The van der Waals surface area contributed by atoms with Crippen molar-refractivity contribution in [2.24, 2.45) is 0 Å². The predicted octanol–water partition coefficient (Wildman–Crippen LogP) is 2.05. The molecule has 2 N–H and O–H groups in total. The van der Waals surface area contributed by atoms with Gasteiger partial charge in [-0.2, -0.15) is 0 Å². The molecule has 1 aromatic rings. The van der Waals surface area contributed by atoms with Gasteiger partial charge in [-0.05, 0) is 44.9 Å². The van der Waals surface area contributed by atoms with Crippen LogP contribution in [0, 0.1) is 0 Å². The number of carbonyl (C=O) groups excluding carboxylic acids is 2. The van der Waals surface area contributed by atoms with E-state index in [0.717, 1.165) is 12.8 Å². The van der Waals surface area contributed by atoms with Crippen LogP contribution in [0.3, 0.4) is 0 Å². The summed E-state index contributed by atoms with van der Waals surface area (Å²) in [6.45, 7) is 6.52. The molecular formula is C17H25N3O3. The van der Waals surface area contributed by atoms with E-state index in [9.17, 15) is 14.7 Å². The van der Waals surface area contributed by atoms with Crippen LogP contribution in [0.5, 0.6) is 5.75 Å². The minimum atomic E-state index is -0.0746. The molecule has 1 heterocycles. The van der Waals surface area contributed by atoms with Crippen LogP contribution in [0.4, 0.5) is 4.79 Å². The van der Waals surface area contributed by atoms with Crippen LogP contribution in [0.15, 0.2) is 24.3 Å². The van der Waals surface area contributed by atoms with Gasteiger partial charge in [0.1, 0.15) is 5.75 Å². The number of urea groups is 1. The lowest BCUT2D eigenvalue weighted by Gasteiger charge is -2.33. The predicted molar refractivity (Wildman–Crippen MR) is 88.5 cm³/mol. The van der Waals surface area contributed by atoms with Gasteiger partial charge in [-0.25, -0.2) is 4.79 Å². The van der Waals surface area contributed by atoms with E-state index in [-0.39, 0.29) is 23.7 Å². The minimum absolute atomic E-state index is 0.0345. The van der Waals surface area contributed by atoms with Crippen LogP contribution >= 0.6 is 0 Å². The summed E-state index contributed by atoms with van der Waals surface area (Å²) >= 11 is 0. The van der Waals surface area contributed by atoms with E-state index in [1.165, 1.54) is 6.07 Å². The second kappa shape index (κ2) is 7.85. The average Bonchev–Trinajstić information content (AvgIpc) is 2.56. The maximum absolute atomic E-state index is 12.4. The smallest absolute Gasteiger partial charge is 0.317 e. The highest BCUT2D eigenvalue weighted by Gasteiger charge is 2.25. The molecule has 1 saturated heterocycles. The zero-order valence-corrected chi connectivity index (χ0v) is 13.8. The summed E-state index contributed by atoms with van der Waals surface area (Å²) in [5, 5.41) is 12.5. The zero-order valence-electron chi connectivity index (χ0n) is 13.8. The van der Waals surface area contributed by atoms with E-state index in [1.807, 2.05) is 13.8 Å². The number of amides is 3. The minimum Gasteiger partial charge on any atom is -0.508 e. The van der Waals surface area contributed by atoms with Gasteiger partial charge in [-0.3, -0.25) is 4.79 Å². The quantitative estimate of drug-likeness (QED) is 0.892. The molecule has 1 fully saturated rings. The Bertz CT molecular complexity index is 550. The number of likely N-dealkylation sites (tertiary alicyclic amines) is 1. The highest BCUT2D eigenvalue weighted by atomic mass is 16.3. The number of phenolic OH excluding ortho intramolecular Hbond substituents is 1. The van der Waals surface area contributed by atoms with Crippen LogP contribution in [-0.2, 0) is 0 Å². The normalized spacial score (nSPS) is 15.3. The Hall–Kier alpha value is -2.24. The number of hydrogen-bond donors (Lipinski definition) is 2. The fraction of sp³-hybridized carbons (Fsp3) is 0.529.